The van der Waals surface area contributed by atoms with Gasteiger partial charge in [0.2, 0.25) is 0 Å². The van der Waals surface area contributed by atoms with Crippen molar-refractivity contribution in [3.05, 3.63) is 95.8 Å². The molecule has 132 valence electrons. The van der Waals surface area contributed by atoms with Gasteiger partial charge in [-0.1, -0.05) is 36.4 Å². The fourth-order valence-corrected chi connectivity index (χ4v) is 2.52. The molecule has 1 atom stereocenters. The van der Waals surface area contributed by atoms with Crippen LogP contribution in [0.25, 0.3) is 0 Å². The molecular formula is C20H16F2N2O2. The summed E-state index contributed by atoms with van der Waals surface area (Å²) in [5, 5.41) is 2.94. The van der Waals surface area contributed by atoms with Gasteiger partial charge in [0.1, 0.15) is 5.75 Å². The van der Waals surface area contributed by atoms with Gasteiger partial charge in [-0.25, -0.2) is 0 Å². The Labute approximate surface area is 149 Å². The number of carbonyl (C=O) groups is 1. The number of pyridine rings is 1. The Kier molecular flexibility index (Phi) is 5.53. The van der Waals surface area contributed by atoms with Crippen molar-refractivity contribution in [2.24, 2.45) is 0 Å². The fraction of sp³-hybridized carbons (Fsp3) is 0.100. The molecule has 2 aromatic carbocycles. The van der Waals surface area contributed by atoms with Crippen molar-refractivity contribution in [1.29, 1.82) is 0 Å². The molecule has 1 N–H and O–H groups in total. The van der Waals surface area contributed by atoms with Gasteiger partial charge in [0, 0.05) is 11.8 Å². The quantitative estimate of drug-likeness (QED) is 0.722. The average molecular weight is 354 g/mol. The second-order valence-corrected chi connectivity index (χ2v) is 5.47. The highest BCUT2D eigenvalue weighted by Gasteiger charge is 2.19. The number of aromatic nitrogens is 1. The van der Waals surface area contributed by atoms with E-state index in [0.29, 0.717) is 11.3 Å². The number of nitrogens with one attached hydrogen (secondary N) is 1. The molecule has 26 heavy (non-hydrogen) atoms. The molecule has 0 radical (unpaired) electrons. The Bertz CT molecular complexity index is 801. The molecule has 0 fully saturated rings. The lowest BCUT2D eigenvalue weighted by Crippen LogP contribution is -2.29. The normalized spacial score (nSPS) is 11.8. The van der Waals surface area contributed by atoms with E-state index >= 15 is 0 Å². The molecule has 1 aromatic heterocycles. The molecule has 1 unspecified atom stereocenters. The third-order valence-corrected chi connectivity index (χ3v) is 3.73. The van der Waals surface area contributed by atoms with E-state index in [0.717, 1.165) is 5.56 Å². The van der Waals surface area contributed by atoms with Crippen LogP contribution < -0.4 is 10.1 Å². The number of amides is 1. The van der Waals surface area contributed by atoms with Crippen molar-refractivity contribution >= 4 is 5.91 Å². The van der Waals surface area contributed by atoms with E-state index in [1.807, 2.05) is 42.5 Å². The third kappa shape index (κ3) is 4.42. The first-order valence-corrected chi connectivity index (χ1v) is 7.95. The van der Waals surface area contributed by atoms with Gasteiger partial charge in [0.25, 0.3) is 5.91 Å². The second-order valence-electron chi connectivity index (χ2n) is 5.47. The number of rotatable bonds is 6. The lowest BCUT2D eigenvalue weighted by Gasteiger charge is -2.19. The minimum absolute atomic E-state index is 0.000820. The molecular weight excluding hydrogens is 338 g/mol. The largest absolute Gasteiger partial charge is 0.435 e. The molecule has 1 amide bonds. The Hall–Kier alpha value is -3.28. The van der Waals surface area contributed by atoms with E-state index in [4.69, 9.17) is 0 Å². The van der Waals surface area contributed by atoms with Gasteiger partial charge >= 0.3 is 6.61 Å². The van der Waals surface area contributed by atoms with Crippen molar-refractivity contribution in [2.75, 3.05) is 0 Å². The van der Waals surface area contributed by atoms with Gasteiger partial charge in [-0.15, -0.1) is 0 Å². The van der Waals surface area contributed by atoms with E-state index in [2.05, 4.69) is 15.0 Å². The van der Waals surface area contributed by atoms with Crippen LogP contribution in [0, 0.1) is 0 Å². The predicted octanol–water partition coefficient (Wildman–Crippen LogP) is 4.20. The van der Waals surface area contributed by atoms with Crippen LogP contribution >= 0.6 is 0 Å². The smallest absolute Gasteiger partial charge is 0.387 e. The first-order valence-electron chi connectivity index (χ1n) is 7.95. The average Bonchev–Trinajstić information content (AvgIpc) is 2.67. The topological polar surface area (TPSA) is 51.2 Å². The third-order valence-electron chi connectivity index (χ3n) is 3.73. The number of carbonyl (C=O) groups excluding carboxylic acids is 1. The maximum Gasteiger partial charge on any atom is 0.387 e. The number of benzene rings is 2. The molecule has 1 heterocycles. The standard InChI is InChI=1S/C20H16F2N2O2/c21-20(22)26-16-11-9-15(10-12-16)19(25)24-18(14-6-2-1-3-7-14)17-8-4-5-13-23-17/h1-13,18,20H,(H,24,25). The Morgan fingerprint density at radius 1 is 0.923 bits per heavy atom. The highest BCUT2D eigenvalue weighted by Crippen LogP contribution is 2.21. The molecule has 3 rings (SSSR count). The number of hydrogen-bond acceptors (Lipinski definition) is 3. The van der Waals surface area contributed by atoms with Gasteiger partial charge in [-0.3, -0.25) is 9.78 Å². The summed E-state index contributed by atoms with van der Waals surface area (Å²) in [4.78, 5) is 16.9. The van der Waals surface area contributed by atoms with Crippen LogP contribution in [0.4, 0.5) is 8.78 Å². The van der Waals surface area contributed by atoms with Crippen LogP contribution in [0.15, 0.2) is 79.0 Å². The van der Waals surface area contributed by atoms with E-state index in [9.17, 15) is 13.6 Å². The van der Waals surface area contributed by atoms with E-state index in [1.165, 1.54) is 24.3 Å². The minimum Gasteiger partial charge on any atom is -0.435 e. The van der Waals surface area contributed by atoms with Gasteiger partial charge in [-0.05, 0) is 42.0 Å². The molecule has 0 spiro atoms. The maximum atomic E-state index is 12.6. The minimum atomic E-state index is -2.90. The van der Waals surface area contributed by atoms with Crippen LogP contribution in [0.2, 0.25) is 0 Å². The molecule has 0 aliphatic heterocycles. The summed E-state index contributed by atoms with van der Waals surface area (Å²) in [5.74, 6) is -0.339. The number of alkyl halides is 2. The van der Waals surface area contributed by atoms with Crippen molar-refractivity contribution in [3.8, 4) is 5.75 Å². The lowest BCUT2D eigenvalue weighted by molar-refractivity contribution is -0.0498. The first kappa shape index (κ1) is 17.5. The Balaban J connectivity index is 1.81. The molecule has 4 nitrogen and oxygen atoms in total. The molecule has 0 bridgehead atoms. The summed E-state index contributed by atoms with van der Waals surface area (Å²) in [6.45, 7) is -2.90. The summed E-state index contributed by atoms with van der Waals surface area (Å²) in [6, 6.07) is 20.1. The second kappa shape index (κ2) is 8.20. The van der Waals surface area contributed by atoms with Crippen LogP contribution in [-0.4, -0.2) is 17.5 Å². The summed E-state index contributed by atoms with van der Waals surface area (Å²) in [5.41, 5.74) is 1.92. The molecule has 0 saturated carbocycles. The number of nitrogens with zero attached hydrogens (tertiary/aromatic N) is 1. The van der Waals surface area contributed by atoms with E-state index < -0.39 is 12.7 Å². The molecule has 0 aliphatic carbocycles. The SMILES string of the molecule is O=C(NC(c1ccccc1)c1ccccn1)c1ccc(OC(F)F)cc1. The monoisotopic (exact) mass is 354 g/mol. The number of ether oxygens (including phenoxy) is 1. The highest BCUT2D eigenvalue weighted by atomic mass is 19.3. The van der Waals surface area contributed by atoms with Gasteiger partial charge in [-0.2, -0.15) is 8.78 Å². The van der Waals surface area contributed by atoms with Crippen molar-refractivity contribution < 1.29 is 18.3 Å². The van der Waals surface area contributed by atoms with Gasteiger partial charge in [0.05, 0.1) is 11.7 Å². The van der Waals surface area contributed by atoms with Crippen molar-refractivity contribution in [3.63, 3.8) is 0 Å². The molecule has 0 saturated heterocycles. The zero-order valence-corrected chi connectivity index (χ0v) is 13.7. The van der Waals surface area contributed by atoms with Gasteiger partial charge < -0.3 is 10.1 Å². The van der Waals surface area contributed by atoms with Crippen LogP contribution in [0.5, 0.6) is 5.75 Å². The van der Waals surface area contributed by atoms with Crippen LogP contribution in [0.3, 0.4) is 0 Å². The van der Waals surface area contributed by atoms with Crippen molar-refractivity contribution in [1.82, 2.24) is 10.3 Å². The van der Waals surface area contributed by atoms with E-state index in [-0.39, 0.29) is 11.7 Å². The fourth-order valence-electron chi connectivity index (χ4n) is 2.52. The Morgan fingerprint density at radius 2 is 1.62 bits per heavy atom. The maximum absolute atomic E-state index is 12.6. The summed E-state index contributed by atoms with van der Waals surface area (Å²) < 4.78 is 28.7. The first-order chi connectivity index (χ1) is 12.6. The van der Waals surface area contributed by atoms with Gasteiger partial charge in [0.15, 0.2) is 0 Å². The molecule has 6 heteroatoms. The summed E-state index contributed by atoms with van der Waals surface area (Å²) in [7, 11) is 0. The summed E-state index contributed by atoms with van der Waals surface area (Å²) >= 11 is 0. The van der Waals surface area contributed by atoms with E-state index in [1.54, 1.807) is 12.3 Å². The highest BCUT2D eigenvalue weighted by molar-refractivity contribution is 5.94. The number of hydrogen-bond donors (Lipinski definition) is 1. The lowest BCUT2D eigenvalue weighted by atomic mass is 10.0. The molecule has 3 aromatic rings. The van der Waals surface area contributed by atoms with Crippen LogP contribution in [0.1, 0.15) is 27.7 Å². The zero-order chi connectivity index (χ0) is 18.4. The predicted molar refractivity (Wildman–Crippen MR) is 93.1 cm³/mol. The van der Waals surface area contributed by atoms with Crippen molar-refractivity contribution in [2.45, 2.75) is 12.7 Å². The molecule has 0 aliphatic rings. The van der Waals surface area contributed by atoms with Crippen LogP contribution in [-0.2, 0) is 0 Å². The number of halogens is 2. The Morgan fingerprint density at radius 3 is 2.23 bits per heavy atom. The zero-order valence-electron chi connectivity index (χ0n) is 13.7. The summed E-state index contributed by atoms with van der Waals surface area (Å²) in [6.07, 6.45) is 1.66.